The molecule has 3 nitrogen and oxygen atoms in total. The molecule has 1 aliphatic heterocycles. The van der Waals surface area contributed by atoms with Crippen molar-refractivity contribution in [3.8, 4) is 0 Å². The lowest BCUT2D eigenvalue weighted by molar-refractivity contribution is -0.118. The van der Waals surface area contributed by atoms with Crippen LogP contribution in [0.4, 0.5) is 14.5 Å². The normalized spacial score (nSPS) is 16.4. The SMILES string of the molecule is Cl.O=C1CCNCCN1c1ccc(F)cc1F. The number of hydrogen-bond donors (Lipinski definition) is 1. The number of benzene rings is 1. The minimum absolute atomic E-state index is 0. The van der Waals surface area contributed by atoms with Crippen molar-refractivity contribution in [1.29, 1.82) is 0 Å². The van der Waals surface area contributed by atoms with Crippen molar-refractivity contribution in [2.75, 3.05) is 24.5 Å². The maximum Gasteiger partial charge on any atom is 0.228 e. The summed E-state index contributed by atoms with van der Waals surface area (Å²) in [5.74, 6) is -1.48. The molecule has 0 aliphatic carbocycles. The second-order valence-corrected chi connectivity index (χ2v) is 3.64. The Morgan fingerprint density at radius 2 is 2.00 bits per heavy atom. The first kappa shape index (κ1) is 13.9. The van der Waals surface area contributed by atoms with E-state index in [2.05, 4.69) is 5.32 Å². The van der Waals surface area contributed by atoms with Crippen LogP contribution < -0.4 is 10.2 Å². The smallest absolute Gasteiger partial charge is 0.228 e. The molecule has 94 valence electrons. The standard InChI is InChI=1S/C11H12F2N2O.ClH/c12-8-1-2-10(9(13)7-8)15-6-5-14-4-3-11(15)16;/h1-2,7,14H,3-6H2;1H. The molecule has 6 heteroatoms. The van der Waals surface area contributed by atoms with Crippen molar-refractivity contribution < 1.29 is 13.6 Å². The van der Waals surface area contributed by atoms with E-state index in [4.69, 9.17) is 0 Å². The third-order valence-electron chi connectivity index (χ3n) is 2.53. The molecule has 1 aromatic carbocycles. The van der Waals surface area contributed by atoms with Gasteiger partial charge in [-0.15, -0.1) is 12.4 Å². The molecule has 0 bridgehead atoms. The van der Waals surface area contributed by atoms with Crippen LogP contribution >= 0.6 is 12.4 Å². The number of carbonyl (C=O) groups excluding carboxylic acids is 1. The average Bonchev–Trinajstić information content (AvgIpc) is 2.44. The van der Waals surface area contributed by atoms with Gasteiger partial charge >= 0.3 is 0 Å². The molecule has 0 aromatic heterocycles. The molecule has 0 radical (unpaired) electrons. The van der Waals surface area contributed by atoms with E-state index in [0.29, 0.717) is 26.1 Å². The van der Waals surface area contributed by atoms with Crippen LogP contribution in [0.5, 0.6) is 0 Å². The van der Waals surface area contributed by atoms with Crippen molar-refractivity contribution in [2.24, 2.45) is 0 Å². The highest BCUT2D eigenvalue weighted by atomic mass is 35.5. The molecule has 1 amide bonds. The molecule has 0 saturated carbocycles. The van der Waals surface area contributed by atoms with Crippen LogP contribution in [0.3, 0.4) is 0 Å². The van der Waals surface area contributed by atoms with Gasteiger partial charge in [-0.1, -0.05) is 0 Å². The fourth-order valence-corrected chi connectivity index (χ4v) is 1.73. The fourth-order valence-electron chi connectivity index (χ4n) is 1.73. The molecule has 2 rings (SSSR count). The highest BCUT2D eigenvalue weighted by Gasteiger charge is 2.20. The zero-order chi connectivity index (χ0) is 11.5. The topological polar surface area (TPSA) is 32.3 Å². The third kappa shape index (κ3) is 3.14. The number of halogens is 3. The lowest BCUT2D eigenvalue weighted by Gasteiger charge is -2.20. The van der Waals surface area contributed by atoms with Gasteiger partial charge in [0.2, 0.25) is 5.91 Å². The average molecular weight is 263 g/mol. The van der Waals surface area contributed by atoms with Crippen molar-refractivity contribution >= 4 is 24.0 Å². The summed E-state index contributed by atoms with van der Waals surface area (Å²) in [6, 6.07) is 3.25. The predicted octanol–water partition coefficient (Wildman–Crippen LogP) is 1.71. The van der Waals surface area contributed by atoms with Gasteiger partial charge in [0.25, 0.3) is 0 Å². The Labute approximate surface area is 104 Å². The summed E-state index contributed by atoms with van der Waals surface area (Å²) in [6.45, 7) is 1.61. The molecule has 0 unspecified atom stereocenters. The molecule has 1 aromatic rings. The zero-order valence-corrected chi connectivity index (χ0v) is 9.90. The van der Waals surface area contributed by atoms with Gasteiger partial charge < -0.3 is 10.2 Å². The highest BCUT2D eigenvalue weighted by Crippen LogP contribution is 2.21. The molecule has 1 aliphatic rings. The molecule has 1 fully saturated rings. The van der Waals surface area contributed by atoms with E-state index < -0.39 is 11.6 Å². The Morgan fingerprint density at radius 1 is 1.24 bits per heavy atom. The van der Waals surface area contributed by atoms with E-state index in [0.717, 1.165) is 12.1 Å². The van der Waals surface area contributed by atoms with Crippen LogP contribution in [0.1, 0.15) is 6.42 Å². The molecular weight excluding hydrogens is 250 g/mol. The van der Waals surface area contributed by atoms with Crippen molar-refractivity contribution in [3.05, 3.63) is 29.8 Å². The first-order chi connectivity index (χ1) is 7.68. The predicted molar refractivity (Wildman–Crippen MR) is 63.4 cm³/mol. The van der Waals surface area contributed by atoms with E-state index in [1.807, 2.05) is 0 Å². The first-order valence-corrected chi connectivity index (χ1v) is 5.14. The number of nitrogens with zero attached hydrogens (tertiary/aromatic N) is 1. The van der Waals surface area contributed by atoms with E-state index >= 15 is 0 Å². The van der Waals surface area contributed by atoms with Gasteiger partial charge in [-0.05, 0) is 12.1 Å². The van der Waals surface area contributed by atoms with Crippen LogP contribution in [0.25, 0.3) is 0 Å². The summed E-state index contributed by atoms with van der Waals surface area (Å²) in [5.41, 5.74) is 0.148. The zero-order valence-electron chi connectivity index (χ0n) is 9.08. The first-order valence-electron chi connectivity index (χ1n) is 5.14. The summed E-state index contributed by atoms with van der Waals surface area (Å²) < 4.78 is 26.2. The highest BCUT2D eigenvalue weighted by molar-refractivity contribution is 5.93. The van der Waals surface area contributed by atoms with E-state index in [-0.39, 0.29) is 24.0 Å². The van der Waals surface area contributed by atoms with Gasteiger partial charge in [0.05, 0.1) is 5.69 Å². The van der Waals surface area contributed by atoms with Gasteiger partial charge in [0.15, 0.2) is 0 Å². The second-order valence-electron chi connectivity index (χ2n) is 3.64. The van der Waals surface area contributed by atoms with Crippen LogP contribution in [0.2, 0.25) is 0 Å². The minimum atomic E-state index is -0.699. The summed E-state index contributed by atoms with van der Waals surface area (Å²) >= 11 is 0. The maximum atomic E-state index is 13.5. The Hall–Kier alpha value is -1.20. The summed E-state index contributed by atoms with van der Waals surface area (Å²) in [6.07, 6.45) is 0.330. The maximum absolute atomic E-state index is 13.5. The van der Waals surface area contributed by atoms with E-state index in [1.165, 1.54) is 11.0 Å². The molecule has 0 spiro atoms. The van der Waals surface area contributed by atoms with Gasteiger partial charge in [-0.3, -0.25) is 4.79 Å². The monoisotopic (exact) mass is 262 g/mol. The summed E-state index contributed by atoms with van der Waals surface area (Å²) in [4.78, 5) is 13.0. The van der Waals surface area contributed by atoms with Crippen molar-refractivity contribution in [1.82, 2.24) is 5.32 Å². The van der Waals surface area contributed by atoms with E-state index in [1.54, 1.807) is 0 Å². The summed E-state index contributed by atoms with van der Waals surface area (Å²) in [5, 5.41) is 3.05. The Morgan fingerprint density at radius 3 is 2.71 bits per heavy atom. The molecule has 1 N–H and O–H groups in total. The van der Waals surface area contributed by atoms with Gasteiger partial charge in [-0.25, -0.2) is 8.78 Å². The minimum Gasteiger partial charge on any atom is -0.314 e. The molecular formula is C11H13ClF2N2O. The quantitative estimate of drug-likeness (QED) is 0.836. The lowest BCUT2D eigenvalue weighted by atomic mass is 10.2. The number of carbonyl (C=O) groups is 1. The van der Waals surface area contributed by atoms with Gasteiger partial charge in [0.1, 0.15) is 11.6 Å². The van der Waals surface area contributed by atoms with E-state index in [9.17, 15) is 13.6 Å². The fraction of sp³-hybridized carbons (Fsp3) is 0.364. The van der Waals surface area contributed by atoms with Crippen molar-refractivity contribution in [2.45, 2.75) is 6.42 Å². The second kappa shape index (κ2) is 5.93. The van der Waals surface area contributed by atoms with Gasteiger partial charge in [0, 0.05) is 32.1 Å². The number of amides is 1. The number of anilines is 1. The lowest BCUT2D eigenvalue weighted by Crippen LogP contribution is -2.32. The Kier molecular flexibility index (Phi) is 4.84. The molecule has 1 saturated heterocycles. The molecule has 17 heavy (non-hydrogen) atoms. The van der Waals surface area contributed by atoms with Crippen LogP contribution in [0, 0.1) is 11.6 Å². The summed E-state index contributed by atoms with van der Waals surface area (Å²) in [7, 11) is 0. The van der Waals surface area contributed by atoms with Crippen LogP contribution in [0.15, 0.2) is 18.2 Å². The third-order valence-corrected chi connectivity index (χ3v) is 2.53. The van der Waals surface area contributed by atoms with Gasteiger partial charge in [-0.2, -0.15) is 0 Å². The van der Waals surface area contributed by atoms with Crippen LogP contribution in [-0.4, -0.2) is 25.5 Å². The molecule has 0 atom stereocenters. The Balaban J connectivity index is 0.00000144. The van der Waals surface area contributed by atoms with Crippen LogP contribution in [-0.2, 0) is 4.79 Å². The number of hydrogen-bond acceptors (Lipinski definition) is 2. The molecule has 1 heterocycles. The Bertz CT molecular complexity index is 414. The van der Waals surface area contributed by atoms with Crippen molar-refractivity contribution in [3.63, 3.8) is 0 Å². The number of nitrogens with one attached hydrogen (secondary N) is 1. The largest absolute Gasteiger partial charge is 0.314 e. The number of rotatable bonds is 1.